The number of carbonyl (C=O) groups is 1. The van der Waals surface area contributed by atoms with Crippen LogP contribution >= 0.6 is 0 Å². The second-order valence-electron chi connectivity index (χ2n) is 9.93. The Bertz CT molecular complexity index is 1530. The van der Waals surface area contributed by atoms with Crippen LogP contribution in [0.15, 0.2) is 42.9 Å². The Kier molecular flexibility index (Phi) is 6.20. The summed E-state index contributed by atoms with van der Waals surface area (Å²) in [6.07, 6.45) is 5.98. The number of nitrogens with one attached hydrogen (secondary N) is 2. The second-order valence-corrected chi connectivity index (χ2v) is 9.93. The summed E-state index contributed by atoms with van der Waals surface area (Å²) in [6.45, 7) is 1.65. The average Bonchev–Trinajstić information content (AvgIpc) is 3.30. The third-order valence-corrected chi connectivity index (χ3v) is 7.31. The molecule has 2 N–H and O–H groups in total. The van der Waals surface area contributed by atoms with Crippen molar-refractivity contribution in [2.24, 2.45) is 5.41 Å². The van der Waals surface area contributed by atoms with E-state index in [1.54, 1.807) is 19.2 Å². The number of aromatic nitrogens is 5. The molecule has 1 amide bonds. The zero-order chi connectivity index (χ0) is 27.1. The zero-order valence-corrected chi connectivity index (χ0v) is 21.0. The van der Waals surface area contributed by atoms with Gasteiger partial charge in [-0.3, -0.25) is 4.79 Å². The van der Waals surface area contributed by atoms with Crippen LogP contribution < -0.4 is 15.0 Å². The lowest BCUT2D eigenvalue weighted by molar-refractivity contribution is -0.131. The molecule has 0 aliphatic carbocycles. The lowest BCUT2D eigenvalue weighted by atomic mass is 9.72. The molecular weight excluding hydrogens is 513 g/mol. The normalized spacial score (nSPS) is 16.5. The molecule has 0 bridgehead atoms. The number of fused-ring (bicyclic) bond motifs is 1. The van der Waals surface area contributed by atoms with Gasteiger partial charge in [-0.2, -0.15) is 8.78 Å². The van der Waals surface area contributed by atoms with Crippen molar-refractivity contribution in [3.8, 4) is 17.1 Å². The zero-order valence-electron chi connectivity index (χ0n) is 21.0. The van der Waals surface area contributed by atoms with Crippen LogP contribution in [0.1, 0.15) is 19.8 Å². The maximum atomic E-state index is 14.0. The molecule has 0 radical (unpaired) electrons. The summed E-state index contributed by atoms with van der Waals surface area (Å²) >= 11 is 0. The molecule has 13 heteroatoms. The predicted molar refractivity (Wildman–Crippen MR) is 137 cm³/mol. The molecule has 2 aliphatic rings. The van der Waals surface area contributed by atoms with Crippen molar-refractivity contribution in [2.75, 3.05) is 36.4 Å². The molecule has 4 aromatic rings. The number of carbonyl (C=O) groups excluding carboxylic acids is 1. The van der Waals surface area contributed by atoms with Gasteiger partial charge in [0.2, 0.25) is 5.91 Å². The highest BCUT2D eigenvalue weighted by molar-refractivity contribution is 5.92. The van der Waals surface area contributed by atoms with Crippen LogP contribution in [0, 0.1) is 11.2 Å². The van der Waals surface area contributed by atoms with Gasteiger partial charge in [0.1, 0.15) is 34.7 Å². The summed E-state index contributed by atoms with van der Waals surface area (Å²) in [5, 5.41) is 3.58. The number of H-pyrrole nitrogens is 1. The molecule has 4 aromatic heterocycles. The van der Waals surface area contributed by atoms with Crippen LogP contribution in [0.5, 0.6) is 5.75 Å². The van der Waals surface area contributed by atoms with E-state index in [4.69, 9.17) is 4.98 Å². The number of pyridine rings is 2. The van der Waals surface area contributed by atoms with Crippen molar-refractivity contribution >= 4 is 34.4 Å². The number of rotatable bonds is 6. The lowest BCUT2D eigenvalue weighted by Crippen LogP contribution is -2.61. The Labute approximate surface area is 221 Å². The first-order chi connectivity index (χ1) is 18.8. The Morgan fingerprint density at radius 2 is 1.92 bits per heavy atom. The summed E-state index contributed by atoms with van der Waals surface area (Å²) in [7, 11) is 0. The molecule has 0 aromatic carbocycles. The van der Waals surface area contributed by atoms with Crippen molar-refractivity contribution in [2.45, 2.75) is 26.4 Å². The van der Waals surface area contributed by atoms with E-state index in [1.165, 1.54) is 24.4 Å². The fourth-order valence-corrected chi connectivity index (χ4v) is 5.27. The first-order valence-corrected chi connectivity index (χ1v) is 12.5. The van der Waals surface area contributed by atoms with E-state index < -0.39 is 12.4 Å². The van der Waals surface area contributed by atoms with E-state index in [0.717, 1.165) is 45.2 Å². The SMILES string of the molecule is CC(=O)N1CCC2(CC1)CN(c1cc(Nc3cc(OC(F)F)ccn3)nc(-c3c[nH]c4ncc(F)cc34)n1)C2. The highest BCUT2D eigenvalue weighted by atomic mass is 19.3. The molecule has 0 atom stereocenters. The van der Waals surface area contributed by atoms with Gasteiger partial charge in [0, 0.05) is 74.0 Å². The quantitative estimate of drug-likeness (QED) is 0.373. The highest BCUT2D eigenvalue weighted by Gasteiger charge is 2.45. The van der Waals surface area contributed by atoms with Crippen LogP contribution in [0.2, 0.25) is 0 Å². The van der Waals surface area contributed by atoms with Crippen molar-refractivity contribution in [1.82, 2.24) is 29.8 Å². The molecule has 10 nitrogen and oxygen atoms in total. The lowest BCUT2D eigenvalue weighted by Gasteiger charge is -2.54. The number of aromatic amines is 1. The van der Waals surface area contributed by atoms with Gasteiger partial charge in [0.05, 0.1) is 6.20 Å². The summed E-state index contributed by atoms with van der Waals surface area (Å²) in [5.74, 6) is 1.19. The molecule has 2 fully saturated rings. The summed E-state index contributed by atoms with van der Waals surface area (Å²) in [5.41, 5.74) is 1.17. The maximum Gasteiger partial charge on any atom is 0.387 e. The number of hydrogen-bond donors (Lipinski definition) is 2. The number of ether oxygens (including phenoxy) is 1. The molecule has 6 rings (SSSR count). The van der Waals surface area contributed by atoms with Gasteiger partial charge >= 0.3 is 6.61 Å². The highest BCUT2D eigenvalue weighted by Crippen LogP contribution is 2.43. The number of likely N-dealkylation sites (tertiary alicyclic amines) is 1. The second kappa shape index (κ2) is 9.71. The van der Waals surface area contributed by atoms with Crippen molar-refractivity contribution in [3.63, 3.8) is 0 Å². The molecule has 6 heterocycles. The first kappa shape index (κ1) is 24.9. The smallest absolute Gasteiger partial charge is 0.387 e. The number of alkyl halides is 2. The molecule has 202 valence electrons. The average molecular weight is 539 g/mol. The molecule has 0 unspecified atom stereocenters. The van der Waals surface area contributed by atoms with Gasteiger partial charge in [-0.15, -0.1) is 0 Å². The van der Waals surface area contributed by atoms with Crippen molar-refractivity contribution < 1.29 is 22.7 Å². The molecule has 1 spiro atoms. The molecular formula is C26H25F3N8O2. The minimum atomic E-state index is -2.96. The standard InChI is InChI=1S/C26H25F3N8O2/c1-15(38)36-6-3-26(4-7-36)13-37(14-26)22-10-21(33-20-9-17(2-5-30-20)39-25(28)29)34-24(35-22)19-12-32-23-18(19)8-16(27)11-31-23/h2,5,8-12,25H,3-4,6-7,13-14H2,1H3,(H,31,32)(H,30,33,34,35). The van der Waals surface area contributed by atoms with Crippen molar-refractivity contribution in [1.29, 1.82) is 0 Å². The molecule has 39 heavy (non-hydrogen) atoms. The number of halogens is 3. The van der Waals surface area contributed by atoms with E-state index in [9.17, 15) is 18.0 Å². The van der Waals surface area contributed by atoms with E-state index in [2.05, 4.69) is 34.9 Å². The monoisotopic (exact) mass is 538 g/mol. The maximum absolute atomic E-state index is 14.0. The number of nitrogens with zero attached hydrogens (tertiary/aromatic N) is 6. The third kappa shape index (κ3) is 5.03. The van der Waals surface area contributed by atoms with Crippen LogP contribution in [-0.2, 0) is 4.79 Å². The van der Waals surface area contributed by atoms with Gasteiger partial charge in [-0.25, -0.2) is 24.3 Å². The number of piperidine rings is 1. The molecule has 2 saturated heterocycles. The number of amides is 1. The molecule has 0 saturated carbocycles. The number of hydrogen-bond acceptors (Lipinski definition) is 8. The Morgan fingerprint density at radius 3 is 2.67 bits per heavy atom. The van der Waals surface area contributed by atoms with Gasteiger partial charge in [-0.1, -0.05) is 0 Å². The first-order valence-electron chi connectivity index (χ1n) is 12.5. The fraction of sp³-hybridized carbons (Fsp3) is 0.346. The largest absolute Gasteiger partial charge is 0.435 e. The van der Waals surface area contributed by atoms with Crippen LogP contribution in [0.3, 0.4) is 0 Å². The summed E-state index contributed by atoms with van der Waals surface area (Å²) in [6, 6.07) is 5.81. The summed E-state index contributed by atoms with van der Waals surface area (Å²) < 4.78 is 43.9. The minimum absolute atomic E-state index is 0.0447. The fourth-order valence-electron chi connectivity index (χ4n) is 5.27. The molecule has 2 aliphatic heterocycles. The Balaban J connectivity index is 1.32. The minimum Gasteiger partial charge on any atom is -0.435 e. The van der Waals surface area contributed by atoms with Gasteiger partial charge < -0.3 is 24.8 Å². The number of anilines is 3. The Morgan fingerprint density at radius 1 is 1.13 bits per heavy atom. The third-order valence-electron chi connectivity index (χ3n) is 7.31. The van der Waals surface area contributed by atoms with Crippen LogP contribution in [0.4, 0.5) is 30.6 Å². The van der Waals surface area contributed by atoms with Gasteiger partial charge in [-0.05, 0) is 25.0 Å². The van der Waals surface area contributed by atoms with Gasteiger partial charge in [0.15, 0.2) is 5.82 Å². The van der Waals surface area contributed by atoms with E-state index in [-0.39, 0.29) is 22.9 Å². The van der Waals surface area contributed by atoms with E-state index in [0.29, 0.717) is 34.1 Å². The van der Waals surface area contributed by atoms with Crippen molar-refractivity contribution in [3.05, 3.63) is 48.7 Å². The van der Waals surface area contributed by atoms with E-state index >= 15 is 0 Å². The van der Waals surface area contributed by atoms with Crippen LogP contribution in [-0.4, -0.2) is 68.5 Å². The predicted octanol–water partition coefficient (Wildman–Crippen LogP) is 4.35. The summed E-state index contributed by atoms with van der Waals surface area (Å²) in [4.78, 5) is 36.5. The topological polar surface area (TPSA) is 112 Å². The van der Waals surface area contributed by atoms with Gasteiger partial charge in [0.25, 0.3) is 0 Å². The van der Waals surface area contributed by atoms with Crippen LogP contribution in [0.25, 0.3) is 22.4 Å². The Hall–Kier alpha value is -4.42. The van der Waals surface area contributed by atoms with E-state index in [1.807, 2.05) is 4.90 Å².